The largest absolute Gasteiger partial charge is 0.388 e. The van der Waals surface area contributed by atoms with Crippen LogP contribution in [0.5, 0.6) is 0 Å². The van der Waals surface area contributed by atoms with Crippen LogP contribution in [0.4, 0.5) is 0 Å². The fourth-order valence-corrected chi connectivity index (χ4v) is 2.19. The molecule has 5 heteroatoms. The fourth-order valence-electron chi connectivity index (χ4n) is 2.19. The lowest BCUT2D eigenvalue weighted by atomic mass is 10.0. The predicted molar refractivity (Wildman–Crippen MR) is 73.1 cm³/mol. The lowest BCUT2D eigenvalue weighted by Gasteiger charge is -2.15. The van der Waals surface area contributed by atoms with Gasteiger partial charge in [-0.3, -0.25) is 4.79 Å². The van der Waals surface area contributed by atoms with E-state index < -0.39 is 12.2 Å². The first-order valence-corrected chi connectivity index (χ1v) is 6.38. The molecule has 2 rings (SSSR count). The van der Waals surface area contributed by atoms with Gasteiger partial charge < -0.3 is 20.2 Å². The Bertz CT molecular complexity index is 563. The van der Waals surface area contributed by atoms with Crippen LogP contribution in [0.15, 0.2) is 18.2 Å². The van der Waals surface area contributed by atoms with Crippen LogP contribution in [0.25, 0.3) is 0 Å². The van der Waals surface area contributed by atoms with Crippen molar-refractivity contribution in [3.8, 4) is 11.8 Å². The minimum absolute atomic E-state index is 0.144. The Hall–Kier alpha value is -1.87. The van der Waals surface area contributed by atoms with Crippen molar-refractivity contribution >= 4 is 5.91 Å². The lowest BCUT2D eigenvalue weighted by Crippen LogP contribution is -2.29. The van der Waals surface area contributed by atoms with Crippen molar-refractivity contribution in [2.75, 3.05) is 19.7 Å². The predicted octanol–water partition coefficient (Wildman–Crippen LogP) is -0.484. The minimum Gasteiger partial charge on any atom is -0.388 e. The molecule has 3 N–H and O–H groups in total. The van der Waals surface area contributed by atoms with Crippen LogP contribution in [-0.2, 0) is 0 Å². The van der Waals surface area contributed by atoms with E-state index in [1.807, 2.05) is 6.92 Å². The van der Waals surface area contributed by atoms with Crippen LogP contribution in [0.2, 0.25) is 0 Å². The molecule has 5 nitrogen and oxygen atoms in total. The molecule has 2 unspecified atom stereocenters. The molecule has 0 bridgehead atoms. The average Bonchev–Trinajstić information content (AvgIpc) is 2.76. The molecule has 0 spiro atoms. The summed E-state index contributed by atoms with van der Waals surface area (Å²) in [6.07, 6.45) is -1.76. The normalized spacial score (nSPS) is 21.5. The molecule has 2 atom stereocenters. The van der Waals surface area contributed by atoms with Gasteiger partial charge in [0.1, 0.15) is 6.61 Å². The van der Waals surface area contributed by atoms with E-state index in [1.165, 1.54) is 4.90 Å². The number of β-amino-alcohol motifs (C(OH)–C–C–N with tert-alkyl or cyclic N) is 2. The maximum absolute atomic E-state index is 12.2. The van der Waals surface area contributed by atoms with E-state index in [-0.39, 0.29) is 25.6 Å². The van der Waals surface area contributed by atoms with Crippen LogP contribution in [-0.4, -0.2) is 58.0 Å². The van der Waals surface area contributed by atoms with Gasteiger partial charge in [-0.1, -0.05) is 11.8 Å². The monoisotopic (exact) mass is 275 g/mol. The highest BCUT2D eigenvalue weighted by Crippen LogP contribution is 2.16. The van der Waals surface area contributed by atoms with E-state index in [4.69, 9.17) is 5.11 Å². The Labute approximate surface area is 117 Å². The number of carbonyl (C=O) groups is 1. The number of aliphatic hydroxyl groups excluding tert-OH is 3. The Kier molecular flexibility index (Phi) is 4.40. The zero-order valence-electron chi connectivity index (χ0n) is 11.2. The van der Waals surface area contributed by atoms with Crippen LogP contribution >= 0.6 is 0 Å². The number of aryl methyl sites for hydroxylation is 1. The molecule has 1 aliphatic heterocycles. The van der Waals surface area contributed by atoms with Gasteiger partial charge in [0.05, 0.1) is 12.2 Å². The molecule has 1 amide bonds. The molecule has 0 aliphatic carbocycles. The summed E-state index contributed by atoms with van der Waals surface area (Å²) in [4.78, 5) is 13.7. The van der Waals surface area contributed by atoms with Gasteiger partial charge in [-0.25, -0.2) is 0 Å². The Morgan fingerprint density at radius 2 is 2.00 bits per heavy atom. The zero-order chi connectivity index (χ0) is 14.7. The van der Waals surface area contributed by atoms with Crippen molar-refractivity contribution in [3.05, 3.63) is 34.9 Å². The SMILES string of the molecule is Cc1cc(C(=O)N2CC(O)C(O)C2)ccc1C#CCO. The third-order valence-electron chi connectivity index (χ3n) is 3.32. The van der Waals surface area contributed by atoms with Crippen LogP contribution < -0.4 is 0 Å². The number of benzene rings is 1. The van der Waals surface area contributed by atoms with Crippen LogP contribution in [0.3, 0.4) is 0 Å². The van der Waals surface area contributed by atoms with Gasteiger partial charge in [-0.05, 0) is 30.7 Å². The molecule has 1 heterocycles. The van der Waals surface area contributed by atoms with Gasteiger partial charge in [0.25, 0.3) is 5.91 Å². The lowest BCUT2D eigenvalue weighted by molar-refractivity contribution is 0.0572. The molecular formula is C15H17NO4. The van der Waals surface area contributed by atoms with Crippen molar-refractivity contribution < 1.29 is 20.1 Å². The molecule has 1 aromatic carbocycles. The zero-order valence-corrected chi connectivity index (χ0v) is 11.2. The number of nitrogens with zero attached hydrogens (tertiary/aromatic N) is 1. The molecule has 1 aromatic rings. The van der Waals surface area contributed by atoms with Gasteiger partial charge in [0.15, 0.2) is 0 Å². The minimum atomic E-state index is -0.880. The van der Waals surface area contributed by atoms with E-state index in [0.29, 0.717) is 5.56 Å². The summed E-state index contributed by atoms with van der Waals surface area (Å²) in [5.74, 6) is 5.16. The Morgan fingerprint density at radius 1 is 1.35 bits per heavy atom. The third kappa shape index (κ3) is 2.99. The molecule has 1 aliphatic rings. The first-order chi connectivity index (χ1) is 9.52. The maximum atomic E-state index is 12.2. The summed E-state index contributed by atoms with van der Waals surface area (Å²) in [6, 6.07) is 5.11. The highest BCUT2D eigenvalue weighted by Gasteiger charge is 2.32. The second-order valence-electron chi connectivity index (χ2n) is 4.83. The molecule has 20 heavy (non-hydrogen) atoms. The molecule has 106 valence electrons. The highest BCUT2D eigenvalue weighted by molar-refractivity contribution is 5.94. The first-order valence-electron chi connectivity index (χ1n) is 6.38. The van der Waals surface area contributed by atoms with E-state index >= 15 is 0 Å². The summed E-state index contributed by atoms with van der Waals surface area (Å²) in [5.41, 5.74) is 2.10. The number of hydrogen-bond acceptors (Lipinski definition) is 4. The number of amides is 1. The van der Waals surface area contributed by atoms with Crippen LogP contribution in [0, 0.1) is 18.8 Å². The average molecular weight is 275 g/mol. The van der Waals surface area contributed by atoms with Gasteiger partial charge in [-0.15, -0.1) is 0 Å². The van der Waals surface area contributed by atoms with Crippen LogP contribution in [0.1, 0.15) is 21.5 Å². The molecule has 0 radical (unpaired) electrons. The number of aliphatic hydroxyl groups is 3. The smallest absolute Gasteiger partial charge is 0.254 e. The van der Waals surface area contributed by atoms with Gasteiger partial charge >= 0.3 is 0 Å². The quantitative estimate of drug-likeness (QED) is 0.605. The van der Waals surface area contributed by atoms with Crippen molar-refractivity contribution in [2.24, 2.45) is 0 Å². The summed E-state index contributed by atoms with van der Waals surface area (Å²) >= 11 is 0. The molecular weight excluding hydrogens is 258 g/mol. The summed E-state index contributed by atoms with van der Waals surface area (Å²) < 4.78 is 0. The highest BCUT2D eigenvalue weighted by atomic mass is 16.3. The van der Waals surface area contributed by atoms with Crippen molar-refractivity contribution in [3.63, 3.8) is 0 Å². The Morgan fingerprint density at radius 3 is 2.55 bits per heavy atom. The number of likely N-dealkylation sites (tertiary alicyclic amines) is 1. The summed E-state index contributed by atoms with van der Waals surface area (Å²) in [7, 11) is 0. The maximum Gasteiger partial charge on any atom is 0.254 e. The van der Waals surface area contributed by atoms with E-state index in [9.17, 15) is 15.0 Å². The van der Waals surface area contributed by atoms with Crippen molar-refractivity contribution in [1.82, 2.24) is 4.90 Å². The standard InChI is InChI=1S/C15H17NO4/c1-10-7-12(5-4-11(10)3-2-6-17)15(20)16-8-13(18)14(19)9-16/h4-5,7,13-14,17-19H,6,8-9H2,1H3. The molecule has 0 aromatic heterocycles. The van der Waals surface area contributed by atoms with Gasteiger partial charge in [0.2, 0.25) is 0 Å². The van der Waals surface area contributed by atoms with E-state index in [1.54, 1.807) is 18.2 Å². The second kappa shape index (κ2) is 6.06. The summed E-state index contributed by atoms with van der Waals surface area (Å²) in [6.45, 7) is 1.92. The number of carbonyl (C=O) groups excluding carboxylic acids is 1. The summed E-state index contributed by atoms with van der Waals surface area (Å²) in [5, 5.41) is 27.6. The van der Waals surface area contributed by atoms with E-state index in [0.717, 1.165) is 11.1 Å². The fraction of sp³-hybridized carbons (Fsp3) is 0.400. The second-order valence-corrected chi connectivity index (χ2v) is 4.83. The molecule has 1 fully saturated rings. The first kappa shape index (κ1) is 14.5. The van der Waals surface area contributed by atoms with Gasteiger partial charge in [0, 0.05) is 24.2 Å². The third-order valence-corrected chi connectivity index (χ3v) is 3.32. The number of rotatable bonds is 1. The van der Waals surface area contributed by atoms with Crippen molar-refractivity contribution in [2.45, 2.75) is 19.1 Å². The number of hydrogen-bond donors (Lipinski definition) is 3. The van der Waals surface area contributed by atoms with Crippen molar-refractivity contribution in [1.29, 1.82) is 0 Å². The topological polar surface area (TPSA) is 81.0 Å². The molecule has 1 saturated heterocycles. The van der Waals surface area contributed by atoms with E-state index in [2.05, 4.69) is 11.8 Å². The molecule has 0 saturated carbocycles. The van der Waals surface area contributed by atoms with Gasteiger partial charge in [-0.2, -0.15) is 0 Å². The Balaban J connectivity index is 2.17.